The summed E-state index contributed by atoms with van der Waals surface area (Å²) in [5.74, 6) is 0.457. The molecule has 0 spiro atoms. The Morgan fingerprint density at radius 3 is 2.53 bits per heavy atom. The zero-order valence-electron chi connectivity index (χ0n) is 19.1. The number of para-hydroxylation sites is 1. The third-order valence-corrected chi connectivity index (χ3v) is 6.95. The van der Waals surface area contributed by atoms with Crippen molar-refractivity contribution in [2.24, 2.45) is 0 Å². The molecule has 2 aromatic heterocycles. The van der Waals surface area contributed by atoms with E-state index in [1.165, 1.54) is 11.8 Å². The topological polar surface area (TPSA) is 68.5 Å². The minimum Gasteiger partial charge on any atom is -0.495 e. The van der Waals surface area contributed by atoms with Gasteiger partial charge in [-0.2, -0.15) is 0 Å². The zero-order chi connectivity index (χ0) is 23.7. The average molecular weight is 469 g/mol. The second kappa shape index (κ2) is 9.19. The third-order valence-electron chi connectivity index (χ3n) is 5.75. The highest BCUT2D eigenvalue weighted by Gasteiger charge is 2.26. The second-order valence-electron chi connectivity index (χ2n) is 8.12. The maximum Gasteiger partial charge on any atom is 0.242 e. The second-order valence-corrected chi connectivity index (χ2v) is 9.19. The maximum atomic E-state index is 13.6. The molecule has 0 aliphatic heterocycles. The molecule has 6 nitrogen and oxygen atoms in total. The molecule has 1 atom stereocenters. The summed E-state index contributed by atoms with van der Waals surface area (Å²) in [6.45, 7) is 4.05. The number of benzene rings is 3. The number of nitrogens with one attached hydrogen (secondary N) is 1. The van der Waals surface area contributed by atoms with Crippen LogP contribution in [0.4, 0.5) is 5.69 Å². The smallest absolute Gasteiger partial charge is 0.242 e. The first kappa shape index (κ1) is 22.0. The molecule has 34 heavy (non-hydrogen) atoms. The number of rotatable bonds is 6. The number of nitrogens with zero attached hydrogens (tertiary/aromatic N) is 3. The summed E-state index contributed by atoms with van der Waals surface area (Å²) < 4.78 is 7.48. The van der Waals surface area contributed by atoms with Crippen molar-refractivity contribution in [1.29, 1.82) is 0 Å². The summed E-state index contributed by atoms with van der Waals surface area (Å²) >= 11 is 1.38. The van der Waals surface area contributed by atoms with E-state index in [0.29, 0.717) is 16.6 Å². The lowest BCUT2D eigenvalue weighted by Crippen LogP contribution is -2.20. The molecule has 0 aliphatic carbocycles. The van der Waals surface area contributed by atoms with Crippen molar-refractivity contribution in [1.82, 2.24) is 14.6 Å². The van der Waals surface area contributed by atoms with E-state index < -0.39 is 5.25 Å². The van der Waals surface area contributed by atoms with Crippen LogP contribution in [0.5, 0.6) is 5.75 Å². The Bertz CT molecular complexity index is 1500. The van der Waals surface area contributed by atoms with Crippen LogP contribution in [-0.2, 0) is 4.79 Å². The van der Waals surface area contributed by atoms with Crippen LogP contribution < -0.4 is 10.1 Å². The van der Waals surface area contributed by atoms with Crippen molar-refractivity contribution >= 4 is 39.9 Å². The van der Waals surface area contributed by atoms with Crippen molar-refractivity contribution in [2.45, 2.75) is 24.3 Å². The molecule has 0 aliphatic rings. The van der Waals surface area contributed by atoms with E-state index in [1.807, 2.05) is 78.1 Å². The molecule has 1 amide bonds. The first-order valence-corrected chi connectivity index (χ1v) is 11.8. The van der Waals surface area contributed by atoms with Crippen LogP contribution in [0.3, 0.4) is 0 Å². The number of carbonyl (C=O) groups is 1. The van der Waals surface area contributed by atoms with Crippen LogP contribution in [0.2, 0.25) is 0 Å². The Balaban J connectivity index is 1.57. The number of pyridine rings is 1. The monoisotopic (exact) mass is 468 g/mol. The van der Waals surface area contributed by atoms with E-state index in [4.69, 9.17) is 4.74 Å². The molecule has 5 aromatic rings. The Kier molecular flexibility index (Phi) is 5.94. The zero-order valence-corrected chi connectivity index (χ0v) is 20.0. The van der Waals surface area contributed by atoms with Crippen LogP contribution in [-0.4, -0.2) is 27.6 Å². The summed E-state index contributed by atoms with van der Waals surface area (Å²) in [6, 6.07) is 25.6. The highest BCUT2D eigenvalue weighted by Crippen LogP contribution is 2.38. The summed E-state index contributed by atoms with van der Waals surface area (Å²) in [5.41, 5.74) is 5.45. The van der Waals surface area contributed by atoms with Gasteiger partial charge in [-0.25, -0.2) is 0 Å². The van der Waals surface area contributed by atoms with Gasteiger partial charge in [-0.1, -0.05) is 66.4 Å². The predicted octanol–water partition coefficient (Wildman–Crippen LogP) is 5.98. The van der Waals surface area contributed by atoms with Crippen LogP contribution >= 0.6 is 11.8 Å². The van der Waals surface area contributed by atoms with Gasteiger partial charge in [0.05, 0.1) is 18.3 Å². The number of methoxy groups -OCH3 is 1. The summed E-state index contributed by atoms with van der Waals surface area (Å²) in [4.78, 5) is 13.6. The molecule has 0 saturated carbocycles. The molecule has 7 heteroatoms. The number of carbonyl (C=O) groups excluding carboxylic acids is 1. The maximum absolute atomic E-state index is 13.6. The molecule has 0 bridgehead atoms. The summed E-state index contributed by atoms with van der Waals surface area (Å²) in [5, 5.41) is 13.2. The number of hydrogen-bond acceptors (Lipinski definition) is 5. The van der Waals surface area contributed by atoms with E-state index in [2.05, 4.69) is 34.6 Å². The van der Waals surface area contributed by atoms with Crippen LogP contribution in [0.25, 0.3) is 16.6 Å². The highest BCUT2D eigenvalue weighted by molar-refractivity contribution is 8.00. The predicted molar refractivity (Wildman–Crippen MR) is 137 cm³/mol. The molecule has 170 valence electrons. The molecule has 0 unspecified atom stereocenters. The third kappa shape index (κ3) is 4.10. The Hall–Kier alpha value is -3.84. The normalized spacial score (nSPS) is 12.1. The summed E-state index contributed by atoms with van der Waals surface area (Å²) in [6.07, 6.45) is 0. The van der Waals surface area contributed by atoms with E-state index in [0.717, 1.165) is 33.2 Å². The molecule has 0 radical (unpaired) electrons. The van der Waals surface area contributed by atoms with Crippen molar-refractivity contribution in [3.8, 4) is 5.75 Å². The van der Waals surface area contributed by atoms with Gasteiger partial charge >= 0.3 is 0 Å². The van der Waals surface area contributed by atoms with Crippen LogP contribution in [0.15, 0.2) is 84.0 Å². The van der Waals surface area contributed by atoms with Crippen LogP contribution in [0, 0.1) is 13.8 Å². The lowest BCUT2D eigenvalue weighted by Gasteiger charge is -2.18. The number of anilines is 1. The fraction of sp³-hybridized carbons (Fsp3) is 0.148. The Morgan fingerprint density at radius 1 is 0.971 bits per heavy atom. The molecule has 1 N–H and O–H groups in total. The minimum atomic E-state index is -0.543. The van der Waals surface area contributed by atoms with Gasteiger partial charge in [0, 0.05) is 5.39 Å². The lowest BCUT2D eigenvalue weighted by atomic mass is 10.1. The Morgan fingerprint density at radius 2 is 1.74 bits per heavy atom. The van der Waals surface area contributed by atoms with Gasteiger partial charge < -0.3 is 10.1 Å². The molecule has 0 fully saturated rings. The number of fused-ring (bicyclic) bond motifs is 3. The Labute approximate surface area is 202 Å². The van der Waals surface area contributed by atoms with Crippen molar-refractivity contribution < 1.29 is 9.53 Å². The molecular formula is C27H24N4O2S. The van der Waals surface area contributed by atoms with Gasteiger partial charge in [-0.3, -0.25) is 9.20 Å². The van der Waals surface area contributed by atoms with Crippen molar-refractivity contribution in [3.05, 3.63) is 95.6 Å². The van der Waals surface area contributed by atoms with E-state index in [-0.39, 0.29) is 5.91 Å². The fourth-order valence-electron chi connectivity index (χ4n) is 4.08. The first-order valence-electron chi connectivity index (χ1n) is 11.0. The minimum absolute atomic E-state index is 0.159. The summed E-state index contributed by atoms with van der Waals surface area (Å²) in [7, 11) is 1.60. The molecular weight excluding hydrogens is 444 g/mol. The van der Waals surface area contributed by atoms with Gasteiger partial charge in [-0.15, -0.1) is 10.2 Å². The van der Waals surface area contributed by atoms with Gasteiger partial charge in [-0.05, 0) is 54.8 Å². The molecule has 3 aromatic carbocycles. The van der Waals surface area contributed by atoms with Crippen molar-refractivity contribution in [2.75, 3.05) is 12.4 Å². The fourth-order valence-corrected chi connectivity index (χ4v) is 5.13. The first-order chi connectivity index (χ1) is 16.5. The number of ether oxygens (including phenoxy) is 1. The van der Waals surface area contributed by atoms with Crippen molar-refractivity contribution in [3.63, 3.8) is 0 Å². The number of aryl methyl sites for hydroxylation is 2. The van der Waals surface area contributed by atoms with Crippen LogP contribution in [0.1, 0.15) is 21.9 Å². The van der Waals surface area contributed by atoms with E-state index in [1.54, 1.807) is 7.11 Å². The van der Waals surface area contributed by atoms with E-state index >= 15 is 0 Å². The molecule has 5 rings (SSSR count). The largest absolute Gasteiger partial charge is 0.495 e. The SMILES string of the molecule is COc1ccc(C)cc1NC(=O)[C@H](Sc1nnc2cc(C)c3ccccc3n12)c1ccccc1. The number of amides is 1. The van der Waals surface area contributed by atoms with Gasteiger partial charge in [0.15, 0.2) is 10.8 Å². The van der Waals surface area contributed by atoms with Gasteiger partial charge in [0.1, 0.15) is 11.0 Å². The average Bonchev–Trinajstić information content (AvgIpc) is 3.26. The number of thioether (sulfide) groups is 1. The lowest BCUT2D eigenvalue weighted by molar-refractivity contribution is -0.115. The molecule has 2 heterocycles. The number of aromatic nitrogens is 3. The van der Waals surface area contributed by atoms with E-state index in [9.17, 15) is 4.79 Å². The quantitative estimate of drug-likeness (QED) is 0.311. The highest BCUT2D eigenvalue weighted by atomic mass is 32.2. The molecule has 0 saturated heterocycles. The van der Waals surface area contributed by atoms with Gasteiger partial charge in [0.25, 0.3) is 0 Å². The standard InChI is InChI=1S/C27H24N4O2S/c1-17-13-14-23(33-3)21(15-17)28-26(32)25(19-9-5-4-6-10-19)34-27-30-29-24-16-18(2)20-11-7-8-12-22(20)31(24)27/h4-16,25H,1-3H3,(H,28,32)/t25-/m1/s1. The van der Waals surface area contributed by atoms with Gasteiger partial charge in [0.2, 0.25) is 5.91 Å². The number of hydrogen-bond donors (Lipinski definition) is 1.